The molecule has 2 heterocycles. The molecule has 0 bridgehead atoms. The zero-order valence-corrected chi connectivity index (χ0v) is 11.4. The lowest BCUT2D eigenvalue weighted by Crippen LogP contribution is -2.30. The van der Waals surface area contributed by atoms with Gasteiger partial charge in [0.15, 0.2) is 0 Å². The Hall–Kier alpha value is -2.08. The average Bonchev–Trinajstić information content (AvgIpc) is 3.06. The van der Waals surface area contributed by atoms with Crippen LogP contribution < -0.4 is 0 Å². The molecule has 0 N–H and O–H groups in total. The number of benzene rings is 1. The van der Waals surface area contributed by atoms with Crippen LogP contribution in [-0.4, -0.2) is 34.0 Å². The zero-order chi connectivity index (χ0) is 13.9. The number of aromatic nitrogens is 1. The number of rotatable bonds is 5. The minimum Gasteiger partial charge on any atom is -0.440 e. The fraction of sp³-hybridized carbons (Fsp3) is 0.214. The van der Waals surface area contributed by atoms with Crippen molar-refractivity contribution in [2.75, 3.05) is 12.3 Å². The largest absolute Gasteiger partial charge is 0.440 e. The normalized spacial score (nSPS) is 13.9. The van der Waals surface area contributed by atoms with Crippen molar-refractivity contribution >= 4 is 23.6 Å². The van der Waals surface area contributed by atoms with Crippen molar-refractivity contribution in [3.8, 4) is 0 Å². The van der Waals surface area contributed by atoms with Gasteiger partial charge in [-0.3, -0.25) is 14.5 Å². The van der Waals surface area contributed by atoms with Crippen LogP contribution in [0.5, 0.6) is 0 Å². The lowest BCUT2D eigenvalue weighted by Gasteiger charge is -2.12. The summed E-state index contributed by atoms with van der Waals surface area (Å²) in [6.45, 7) is 0.417. The first kappa shape index (κ1) is 12.9. The summed E-state index contributed by atoms with van der Waals surface area (Å²) in [6.07, 6.45) is 3.82. The molecule has 0 saturated heterocycles. The van der Waals surface area contributed by atoms with Crippen molar-refractivity contribution < 1.29 is 14.0 Å². The quantitative estimate of drug-likeness (QED) is 0.480. The fourth-order valence-electron chi connectivity index (χ4n) is 2.11. The Morgan fingerprint density at radius 1 is 1.15 bits per heavy atom. The first-order valence-corrected chi connectivity index (χ1v) is 7.23. The standard InChI is InChI=1S/C14H12N2O3S/c17-12-10-4-1-2-5-11(10)13(18)16(12)7-3-9-20-14-15-6-8-19-14/h1-2,4-6,8H,3,7,9H2. The third-order valence-corrected chi connectivity index (χ3v) is 3.98. The van der Waals surface area contributed by atoms with Crippen LogP contribution in [0.4, 0.5) is 0 Å². The molecule has 2 amide bonds. The van der Waals surface area contributed by atoms with E-state index in [0.717, 1.165) is 5.75 Å². The van der Waals surface area contributed by atoms with E-state index < -0.39 is 0 Å². The van der Waals surface area contributed by atoms with Gasteiger partial charge in [-0.2, -0.15) is 0 Å². The predicted octanol–water partition coefficient (Wildman–Crippen LogP) is 2.45. The summed E-state index contributed by atoms with van der Waals surface area (Å²) in [5, 5.41) is 0.604. The van der Waals surface area contributed by atoms with Crippen LogP contribution in [0, 0.1) is 0 Å². The van der Waals surface area contributed by atoms with E-state index in [1.165, 1.54) is 22.9 Å². The van der Waals surface area contributed by atoms with Gasteiger partial charge < -0.3 is 4.42 Å². The Bertz CT molecular complexity index is 605. The average molecular weight is 288 g/mol. The van der Waals surface area contributed by atoms with E-state index in [-0.39, 0.29) is 11.8 Å². The molecule has 1 aromatic carbocycles. The lowest BCUT2D eigenvalue weighted by molar-refractivity contribution is 0.0655. The van der Waals surface area contributed by atoms with E-state index in [1.54, 1.807) is 30.5 Å². The summed E-state index contributed by atoms with van der Waals surface area (Å²) in [6, 6.07) is 6.92. The van der Waals surface area contributed by atoms with E-state index in [0.29, 0.717) is 29.3 Å². The van der Waals surface area contributed by atoms with E-state index in [1.807, 2.05) is 0 Å². The predicted molar refractivity (Wildman–Crippen MR) is 73.7 cm³/mol. The molecule has 0 saturated carbocycles. The number of carbonyl (C=O) groups excluding carboxylic acids is 2. The van der Waals surface area contributed by atoms with Crippen molar-refractivity contribution in [1.29, 1.82) is 0 Å². The maximum atomic E-state index is 12.1. The van der Waals surface area contributed by atoms with E-state index in [2.05, 4.69) is 4.98 Å². The Kier molecular flexibility index (Phi) is 3.56. The third kappa shape index (κ3) is 2.34. The van der Waals surface area contributed by atoms with Crippen LogP contribution in [0.3, 0.4) is 0 Å². The Morgan fingerprint density at radius 2 is 1.85 bits per heavy atom. The number of amides is 2. The van der Waals surface area contributed by atoms with Crippen molar-refractivity contribution in [1.82, 2.24) is 9.88 Å². The number of fused-ring (bicyclic) bond motifs is 1. The summed E-state index contributed by atoms with van der Waals surface area (Å²) < 4.78 is 5.10. The highest BCUT2D eigenvalue weighted by Crippen LogP contribution is 2.23. The molecule has 1 aromatic heterocycles. The van der Waals surface area contributed by atoms with Crippen LogP contribution in [-0.2, 0) is 0 Å². The molecule has 0 unspecified atom stereocenters. The van der Waals surface area contributed by atoms with Gasteiger partial charge in [-0.25, -0.2) is 4.98 Å². The van der Waals surface area contributed by atoms with Gasteiger partial charge in [0, 0.05) is 12.3 Å². The van der Waals surface area contributed by atoms with E-state index >= 15 is 0 Å². The number of thioether (sulfide) groups is 1. The van der Waals surface area contributed by atoms with Crippen LogP contribution in [0.1, 0.15) is 27.1 Å². The molecule has 3 rings (SSSR count). The summed E-state index contributed by atoms with van der Waals surface area (Å²) in [4.78, 5) is 29.5. The number of carbonyl (C=O) groups is 2. The van der Waals surface area contributed by atoms with Gasteiger partial charge in [-0.15, -0.1) is 0 Å². The molecule has 1 aliphatic rings. The van der Waals surface area contributed by atoms with Gasteiger partial charge in [0.2, 0.25) is 0 Å². The molecule has 5 nitrogen and oxygen atoms in total. The lowest BCUT2D eigenvalue weighted by atomic mass is 10.1. The number of hydrogen-bond donors (Lipinski definition) is 0. The topological polar surface area (TPSA) is 63.4 Å². The van der Waals surface area contributed by atoms with Gasteiger partial charge >= 0.3 is 0 Å². The number of imide groups is 1. The minimum absolute atomic E-state index is 0.202. The molecule has 0 aliphatic carbocycles. The summed E-state index contributed by atoms with van der Waals surface area (Å²) in [7, 11) is 0. The maximum Gasteiger partial charge on any atom is 0.261 e. The highest BCUT2D eigenvalue weighted by Gasteiger charge is 2.34. The van der Waals surface area contributed by atoms with Crippen LogP contribution in [0.2, 0.25) is 0 Å². The van der Waals surface area contributed by atoms with Gasteiger partial charge in [-0.1, -0.05) is 23.9 Å². The van der Waals surface area contributed by atoms with Crippen LogP contribution in [0.25, 0.3) is 0 Å². The Morgan fingerprint density at radius 3 is 2.45 bits per heavy atom. The molecule has 0 atom stereocenters. The highest BCUT2D eigenvalue weighted by molar-refractivity contribution is 7.99. The first-order valence-electron chi connectivity index (χ1n) is 6.25. The second-order valence-electron chi connectivity index (χ2n) is 4.31. The van der Waals surface area contributed by atoms with E-state index in [9.17, 15) is 9.59 Å². The zero-order valence-electron chi connectivity index (χ0n) is 10.6. The maximum absolute atomic E-state index is 12.1. The van der Waals surface area contributed by atoms with Gasteiger partial charge in [-0.05, 0) is 18.6 Å². The smallest absolute Gasteiger partial charge is 0.261 e. The molecule has 0 spiro atoms. The molecule has 102 valence electrons. The molecule has 20 heavy (non-hydrogen) atoms. The summed E-state index contributed by atoms with van der Waals surface area (Å²) >= 11 is 1.47. The van der Waals surface area contributed by atoms with E-state index in [4.69, 9.17) is 4.42 Å². The number of hydrogen-bond acceptors (Lipinski definition) is 5. The van der Waals surface area contributed by atoms with Crippen molar-refractivity contribution in [2.24, 2.45) is 0 Å². The second kappa shape index (κ2) is 5.50. The van der Waals surface area contributed by atoms with Crippen LogP contribution in [0.15, 0.2) is 46.4 Å². The summed E-state index contributed by atoms with van der Waals surface area (Å²) in [5.41, 5.74) is 0.996. The number of oxazole rings is 1. The summed E-state index contributed by atoms with van der Waals surface area (Å²) in [5.74, 6) is 0.340. The Labute approximate surface area is 120 Å². The molecule has 1 aliphatic heterocycles. The van der Waals surface area contributed by atoms with Gasteiger partial charge in [0.05, 0.1) is 17.3 Å². The third-order valence-electron chi connectivity index (χ3n) is 3.04. The molecule has 0 fully saturated rings. The van der Waals surface area contributed by atoms with Gasteiger partial charge in [0.1, 0.15) is 6.26 Å². The molecular weight excluding hydrogens is 276 g/mol. The minimum atomic E-state index is -0.202. The SMILES string of the molecule is O=C1c2ccccc2C(=O)N1CCCSc1ncco1. The molecule has 0 radical (unpaired) electrons. The first-order chi connectivity index (χ1) is 9.77. The Balaban J connectivity index is 1.57. The monoisotopic (exact) mass is 288 g/mol. The van der Waals surface area contributed by atoms with Crippen molar-refractivity contribution in [3.63, 3.8) is 0 Å². The van der Waals surface area contributed by atoms with Crippen molar-refractivity contribution in [2.45, 2.75) is 11.6 Å². The fourth-order valence-corrected chi connectivity index (χ4v) is 2.81. The van der Waals surface area contributed by atoms with Gasteiger partial charge in [0.25, 0.3) is 17.0 Å². The molecule has 6 heteroatoms. The highest BCUT2D eigenvalue weighted by atomic mass is 32.2. The molecular formula is C14H12N2O3S. The van der Waals surface area contributed by atoms with Crippen LogP contribution >= 0.6 is 11.8 Å². The second-order valence-corrected chi connectivity index (χ2v) is 5.35. The number of nitrogens with zero attached hydrogens (tertiary/aromatic N) is 2. The molecule has 2 aromatic rings. The van der Waals surface area contributed by atoms with Crippen molar-refractivity contribution in [3.05, 3.63) is 47.9 Å².